The number of benzene rings is 1. The third-order valence-corrected chi connectivity index (χ3v) is 3.70. The number of hydrogen-bond donors (Lipinski definition) is 0. The standard InChI is InChI=1S/C16H13BrN2O/c1-11-8-12(9-17)10-19-16(11)20-15-6-2-5-14-13(15)4-3-7-18-14/h2-8,10H,9H2,1H3. The lowest BCUT2D eigenvalue weighted by Gasteiger charge is -2.10. The topological polar surface area (TPSA) is 35.0 Å². The molecule has 4 heteroatoms. The number of nitrogens with zero attached hydrogens (tertiary/aromatic N) is 2. The lowest BCUT2D eigenvalue weighted by molar-refractivity contribution is 0.464. The minimum Gasteiger partial charge on any atom is -0.438 e. The second-order valence-electron chi connectivity index (χ2n) is 4.53. The summed E-state index contributed by atoms with van der Waals surface area (Å²) in [5, 5.41) is 1.78. The molecule has 3 rings (SSSR count). The zero-order valence-electron chi connectivity index (χ0n) is 11.0. The van der Waals surface area contributed by atoms with E-state index in [1.165, 1.54) is 0 Å². The Morgan fingerprint density at radius 3 is 2.85 bits per heavy atom. The molecule has 0 radical (unpaired) electrons. The molecule has 0 bridgehead atoms. The number of halogens is 1. The summed E-state index contributed by atoms with van der Waals surface area (Å²) >= 11 is 3.43. The summed E-state index contributed by atoms with van der Waals surface area (Å²) in [6.45, 7) is 2.00. The number of aromatic nitrogens is 2. The van der Waals surface area contributed by atoms with E-state index in [1.54, 1.807) is 6.20 Å². The quantitative estimate of drug-likeness (QED) is 0.658. The highest BCUT2D eigenvalue weighted by Crippen LogP contribution is 2.29. The molecular weight excluding hydrogens is 316 g/mol. The zero-order valence-corrected chi connectivity index (χ0v) is 12.6. The Balaban J connectivity index is 2.01. The van der Waals surface area contributed by atoms with E-state index >= 15 is 0 Å². The molecule has 100 valence electrons. The van der Waals surface area contributed by atoms with Crippen molar-refractivity contribution in [3.05, 3.63) is 59.9 Å². The molecule has 1 aromatic carbocycles. The molecule has 0 aliphatic rings. The molecular formula is C16H13BrN2O. The number of fused-ring (bicyclic) bond motifs is 1. The van der Waals surface area contributed by atoms with Crippen LogP contribution in [0.25, 0.3) is 10.9 Å². The predicted octanol–water partition coefficient (Wildman–Crippen LogP) is 4.63. The lowest BCUT2D eigenvalue weighted by Crippen LogP contribution is -1.94. The van der Waals surface area contributed by atoms with Crippen LogP contribution in [0.4, 0.5) is 0 Å². The SMILES string of the molecule is Cc1cc(CBr)cnc1Oc1cccc2ncccc12. The van der Waals surface area contributed by atoms with Crippen LogP contribution in [0.2, 0.25) is 0 Å². The Bertz CT molecular complexity index is 753. The molecule has 20 heavy (non-hydrogen) atoms. The average Bonchev–Trinajstić information content (AvgIpc) is 2.49. The summed E-state index contributed by atoms with van der Waals surface area (Å²) in [6, 6.07) is 11.8. The van der Waals surface area contributed by atoms with Crippen LogP contribution in [0.15, 0.2) is 48.8 Å². The number of ether oxygens (including phenoxy) is 1. The Hall–Kier alpha value is -1.94. The van der Waals surface area contributed by atoms with Crippen molar-refractivity contribution < 1.29 is 4.74 Å². The fourth-order valence-electron chi connectivity index (χ4n) is 2.07. The maximum Gasteiger partial charge on any atom is 0.222 e. The van der Waals surface area contributed by atoms with Crippen LogP contribution in [0, 0.1) is 6.92 Å². The van der Waals surface area contributed by atoms with E-state index in [4.69, 9.17) is 4.74 Å². The largest absolute Gasteiger partial charge is 0.438 e. The van der Waals surface area contributed by atoms with E-state index in [-0.39, 0.29) is 0 Å². The molecule has 3 aromatic rings. The Morgan fingerprint density at radius 2 is 2.05 bits per heavy atom. The number of aryl methyl sites for hydroxylation is 1. The first-order chi connectivity index (χ1) is 9.78. The Kier molecular flexibility index (Phi) is 3.65. The third kappa shape index (κ3) is 2.51. The van der Waals surface area contributed by atoms with Gasteiger partial charge in [0, 0.05) is 28.7 Å². The molecule has 0 aliphatic carbocycles. The summed E-state index contributed by atoms with van der Waals surface area (Å²) in [7, 11) is 0. The highest BCUT2D eigenvalue weighted by atomic mass is 79.9. The second-order valence-corrected chi connectivity index (χ2v) is 5.09. The van der Waals surface area contributed by atoms with Gasteiger partial charge in [-0.1, -0.05) is 22.0 Å². The van der Waals surface area contributed by atoms with Gasteiger partial charge < -0.3 is 4.74 Å². The fraction of sp³-hybridized carbons (Fsp3) is 0.125. The van der Waals surface area contributed by atoms with Crippen molar-refractivity contribution in [1.82, 2.24) is 9.97 Å². The van der Waals surface area contributed by atoms with E-state index in [2.05, 4.69) is 32.0 Å². The third-order valence-electron chi connectivity index (χ3n) is 3.05. The minimum absolute atomic E-state index is 0.631. The van der Waals surface area contributed by atoms with Gasteiger partial charge in [-0.25, -0.2) is 4.98 Å². The molecule has 0 unspecified atom stereocenters. The molecule has 0 atom stereocenters. The first kappa shape index (κ1) is 13.1. The second kappa shape index (κ2) is 5.59. The lowest BCUT2D eigenvalue weighted by atomic mass is 10.2. The van der Waals surface area contributed by atoms with Gasteiger partial charge in [0.05, 0.1) is 5.52 Å². The van der Waals surface area contributed by atoms with Crippen molar-refractivity contribution in [2.45, 2.75) is 12.3 Å². The van der Waals surface area contributed by atoms with E-state index < -0.39 is 0 Å². The van der Waals surface area contributed by atoms with Gasteiger partial charge in [-0.3, -0.25) is 4.98 Å². The van der Waals surface area contributed by atoms with Gasteiger partial charge >= 0.3 is 0 Å². The summed E-state index contributed by atoms with van der Waals surface area (Å²) in [4.78, 5) is 8.71. The molecule has 0 N–H and O–H groups in total. The van der Waals surface area contributed by atoms with Crippen LogP contribution in [-0.4, -0.2) is 9.97 Å². The van der Waals surface area contributed by atoms with Gasteiger partial charge in [0.1, 0.15) is 5.75 Å². The summed E-state index contributed by atoms with van der Waals surface area (Å²) in [5.74, 6) is 1.41. The van der Waals surface area contributed by atoms with Crippen molar-refractivity contribution in [3.63, 3.8) is 0 Å². The summed E-state index contributed by atoms with van der Waals surface area (Å²) < 4.78 is 5.96. The average molecular weight is 329 g/mol. The Labute approximate surface area is 125 Å². The normalized spacial score (nSPS) is 10.7. The molecule has 0 saturated carbocycles. The summed E-state index contributed by atoms with van der Waals surface area (Å²) in [6.07, 6.45) is 3.60. The molecule has 0 spiro atoms. The Morgan fingerprint density at radius 1 is 1.15 bits per heavy atom. The first-order valence-electron chi connectivity index (χ1n) is 6.31. The van der Waals surface area contributed by atoms with E-state index in [0.717, 1.165) is 33.1 Å². The fourth-order valence-corrected chi connectivity index (χ4v) is 2.38. The van der Waals surface area contributed by atoms with Gasteiger partial charge in [0.2, 0.25) is 5.88 Å². The van der Waals surface area contributed by atoms with Crippen LogP contribution in [0.5, 0.6) is 11.6 Å². The van der Waals surface area contributed by atoms with Crippen molar-refractivity contribution in [2.24, 2.45) is 0 Å². The maximum atomic E-state index is 5.96. The predicted molar refractivity (Wildman–Crippen MR) is 83.4 cm³/mol. The molecule has 0 fully saturated rings. The van der Waals surface area contributed by atoms with Crippen LogP contribution >= 0.6 is 15.9 Å². The smallest absolute Gasteiger partial charge is 0.222 e. The molecule has 2 heterocycles. The first-order valence-corrected chi connectivity index (χ1v) is 7.43. The molecule has 3 nitrogen and oxygen atoms in total. The van der Waals surface area contributed by atoms with Crippen molar-refractivity contribution in [1.29, 1.82) is 0 Å². The number of hydrogen-bond acceptors (Lipinski definition) is 3. The molecule has 0 amide bonds. The van der Waals surface area contributed by atoms with Crippen molar-refractivity contribution in [3.8, 4) is 11.6 Å². The maximum absolute atomic E-state index is 5.96. The number of pyridine rings is 2. The highest BCUT2D eigenvalue weighted by Gasteiger charge is 2.07. The highest BCUT2D eigenvalue weighted by molar-refractivity contribution is 9.08. The van der Waals surface area contributed by atoms with Crippen molar-refractivity contribution in [2.75, 3.05) is 0 Å². The van der Waals surface area contributed by atoms with Crippen LogP contribution in [0.3, 0.4) is 0 Å². The molecule has 2 aromatic heterocycles. The van der Waals surface area contributed by atoms with Crippen LogP contribution < -0.4 is 4.74 Å². The number of alkyl halides is 1. The van der Waals surface area contributed by atoms with Crippen LogP contribution in [0.1, 0.15) is 11.1 Å². The van der Waals surface area contributed by atoms with E-state index in [1.807, 2.05) is 43.5 Å². The zero-order chi connectivity index (χ0) is 13.9. The number of rotatable bonds is 3. The van der Waals surface area contributed by atoms with Gasteiger partial charge in [0.25, 0.3) is 0 Å². The van der Waals surface area contributed by atoms with E-state index in [0.29, 0.717) is 5.88 Å². The van der Waals surface area contributed by atoms with Gasteiger partial charge in [-0.05, 0) is 42.8 Å². The molecule has 0 aliphatic heterocycles. The van der Waals surface area contributed by atoms with E-state index in [9.17, 15) is 0 Å². The molecule has 0 saturated heterocycles. The van der Waals surface area contributed by atoms with Gasteiger partial charge in [0.15, 0.2) is 0 Å². The monoisotopic (exact) mass is 328 g/mol. The summed E-state index contributed by atoms with van der Waals surface area (Å²) in [5.41, 5.74) is 3.07. The minimum atomic E-state index is 0.631. The van der Waals surface area contributed by atoms with Gasteiger partial charge in [-0.15, -0.1) is 0 Å². The van der Waals surface area contributed by atoms with Crippen molar-refractivity contribution >= 4 is 26.8 Å². The van der Waals surface area contributed by atoms with Crippen LogP contribution in [-0.2, 0) is 5.33 Å². The van der Waals surface area contributed by atoms with Gasteiger partial charge in [-0.2, -0.15) is 0 Å².